The number of carbonyl (C=O) groups excluding carboxylic acids is 1. The molecule has 1 saturated heterocycles. The number of hydrogen-bond donors (Lipinski definition) is 0. The maximum Gasteiger partial charge on any atom is 0.265 e. The van der Waals surface area contributed by atoms with Crippen LogP contribution in [0.4, 0.5) is 0 Å². The maximum atomic E-state index is 12.4. The minimum absolute atomic E-state index is 0.128. The summed E-state index contributed by atoms with van der Waals surface area (Å²) in [5, 5.41) is 0. The smallest absolute Gasteiger partial charge is 0.265 e. The van der Waals surface area contributed by atoms with Crippen molar-refractivity contribution >= 4 is 28.8 Å². The summed E-state index contributed by atoms with van der Waals surface area (Å²) in [6, 6.07) is 0. The zero-order chi connectivity index (χ0) is 13.0. The van der Waals surface area contributed by atoms with Crippen molar-refractivity contribution in [1.29, 1.82) is 0 Å². The Kier molecular flexibility index (Phi) is 4.97. The van der Waals surface area contributed by atoms with Crippen molar-refractivity contribution in [1.82, 2.24) is 14.8 Å². The molecule has 1 aliphatic heterocycles. The Balaban J connectivity index is 1.98. The zero-order valence-electron chi connectivity index (χ0n) is 10.6. The third-order valence-corrected chi connectivity index (χ3v) is 4.30. The van der Waals surface area contributed by atoms with Gasteiger partial charge in [0.15, 0.2) is 0 Å². The fraction of sp³-hybridized carbons (Fsp3) is 0.667. The van der Waals surface area contributed by atoms with Crippen molar-refractivity contribution < 1.29 is 4.79 Å². The summed E-state index contributed by atoms with van der Waals surface area (Å²) in [6.45, 7) is 6.35. The minimum Gasteiger partial charge on any atom is -0.337 e. The Morgan fingerprint density at radius 2 is 2.28 bits per heavy atom. The Morgan fingerprint density at radius 3 is 2.94 bits per heavy atom. The van der Waals surface area contributed by atoms with Crippen LogP contribution >= 0.6 is 22.9 Å². The zero-order valence-corrected chi connectivity index (χ0v) is 12.1. The van der Waals surface area contributed by atoms with Crippen LogP contribution in [0, 0.1) is 6.92 Å². The molecule has 18 heavy (non-hydrogen) atoms. The second-order valence-corrected chi connectivity index (χ2v) is 5.68. The van der Waals surface area contributed by atoms with Crippen LogP contribution in [0.25, 0.3) is 0 Å². The quantitative estimate of drug-likeness (QED) is 0.796. The van der Waals surface area contributed by atoms with E-state index in [1.54, 1.807) is 5.51 Å². The fourth-order valence-corrected chi connectivity index (χ4v) is 3.18. The van der Waals surface area contributed by atoms with Gasteiger partial charge in [-0.2, -0.15) is 0 Å². The number of aromatic nitrogens is 1. The highest BCUT2D eigenvalue weighted by atomic mass is 35.5. The van der Waals surface area contributed by atoms with Gasteiger partial charge in [0.05, 0.1) is 11.2 Å². The van der Waals surface area contributed by atoms with Gasteiger partial charge >= 0.3 is 0 Å². The summed E-state index contributed by atoms with van der Waals surface area (Å²) in [7, 11) is 0. The molecule has 100 valence electrons. The lowest BCUT2D eigenvalue weighted by Crippen LogP contribution is -2.35. The number of halogens is 1. The third kappa shape index (κ3) is 3.22. The largest absolute Gasteiger partial charge is 0.337 e. The van der Waals surface area contributed by atoms with E-state index in [9.17, 15) is 4.79 Å². The molecule has 2 rings (SSSR count). The fourth-order valence-electron chi connectivity index (χ4n) is 2.17. The Hall–Kier alpha value is -0.650. The van der Waals surface area contributed by atoms with Crippen molar-refractivity contribution in [2.75, 3.05) is 38.6 Å². The molecule has 1 amide bonds. The minimum atomic E-state index is 0.128. The molecule has 0 unspecified atom stereocenters. The number of rotatable bonds is 3. The molecular formula is C12H18ClN3OS. The molecule has 1 aliphatic rings. The van der Waals surface area contributed by atoms with Crippen LogP contribution in [0.3, 0.4) is 0 Å². The summed E-state index contributed by atoms with van der Waals surface area (Å²) >= 11 is 7.19. The van der Waals surface area contributed by atoms with E-state index in [-0.39, 0.29) is 5.91 Å². The van der Waals surface area contributed by atoms with E-state index >= 15 is 0 Å². The van der Waals surface area contributed by atoms with E-state index < -0.39 is 0 Å². The van der Waals surface area contributed by atoms with Gasteiger partial charge in [-0.25, -0.2) is 4.98 Å². The van der Waals surface area contributed by atoms with E-state index in [0.29, 0.717) is 5.88 Å². The number of alkyl halides is 1. The van der Waals surface area contributed by atoms with Crippen LogP contribution in [0.5, 0.6) is 0 Å². The van der Waals surface area contributed by atoms with Crippen LogP contribution in [0.1, 0.15) is 21.8 Å². The lowest BCUT2D eigenvalue weighted by molar-refractivity contribution is 0.0765. The van der Waals surface area contributed by atoms with Gasteiger partial charge in [-0.1, -0.05) is 0 Å². The predicted octanol–water partition coefficient (Wildman–Crippen LogP) is 1.84. The van der Waals surface area contributed by atoms with Gasteiger partial charge in [0, 0.05) is 32.1 Å². The number of hydrogen-bond acceptors (Lipinski definition) is 4. The molecule has 6 heteroatoms. The van der Waals surface area contributed by atoms with Crippen molar-refractivity contribution in [2.24, 2.45) is 0 Å². The first kappa shape index (κ1) is 13.8. The Bertz CT molecular complexity index is 410. The van der Waals surface area contributed by atoms with Crippen molar-refractivity contribution in [3.63, 3.8) is 0 Å². The summed E-state index contributed by atoms with van der Waals surface area (Å²) in [5.41, 5.74) is 2.58. The van der Waals surface area contributed by atoms with E-state index in [1.165, 1.54) is 11.3 Å². The number of carbonyl (C=O) groups is 1. The third-order valence-electron chi connectivity index (χ3n) is 3.22. The number of thiazole rings is 1. The average molecular weight is 288 g/mol. The van der Waals surface area contributed by atoms with Crippen molar-refractivity contribution in [2.45, 2.75) is 13.3 Å². The molecule has 0 spiro atoms. The highest BCUT2D eigenvalue weighted by Gasteiger charge is 2.22. The Labute approximate surface area is 117 Å². The van der Waals surface area contributed by atoms with E-state index in [1.807, 2.05) is 11.8 Å². The first-order valence-corrected chi connectivity index (χ1v) is 7.61. The molecule has 1 aromatic heterocycles. The van der Waals surface area contributed by atoms with Crippen molar-refractivity contribution in [3.8, 4) is 0 Å². The molecule has 0 N–H and O–H groups in total. The molecule has 1 fully saturated rings. The van der Waals surface area contributed by atoms with Crippen LogP contribution in [-0.4, -0.2) is 59.3 Å². The van der Waals surface area contributed by atoms with Crippen LogP contribution < -0.4 is 0 Å². The highest BCUT2D eigenvalue weighted by Crippen LogP contribution is 2.16. The normalized spacial score (nSPS) is 17.8. The molecule has 0 aliphatic carbocycles. The summed E-state index contributed by atoms with van der Waals surface area (Å²) in [5.74, 6) is 0.782. The lowest BCUT2D eigenvalue weighted by atomic mass is 10.3. The number of nitrogens with zero attached hydrogens (tertiary/aromatic N) is 3. The second-order valence-electron chi connectivity index (χ2n) is 4.44. The standard InChI is InChI=1S/C12H18ClN3OS/c1-10-11(18-9-14-10)12(17)16-5-2-4-15(6-3-13)7-8-16/h9H,2-8H2,1H3. The first-order valence-electron chi connectivity index (χ1n) is 6.20. The van der Waals surface area contributed by atoms with Gasteiger partial charge in [0.2, 0.25) is 0 Å². The van der Waals surface area contributed by atoms with Crippen LogP contribution in [0.15, 0.2) is 5.51 Å². The molecule has 0 saturated carbocycles. The molecular weight excluding hydrogens is 270 g/mol. The van der Waals surface area contributed by atoms with Gasteiger partial charge in [-0.05, 0) is 19.9 Å². The molecule has 2 heterocycles. The molecule has 0 atom stereocenters. The molecule has 0 aromatic carbocycles. The number of aryl methyl sites for hydroxylation is 1. The van der Waals surface area contributed by atoms with Gasteiger partial charge in [0.1, 0.15) is 4.88 Å². The van der Waals surface area contributed by atoms with Crippen molar-refractivity contribution in [3.05, 3.63) is 16.1 Å². The molecule has 0 radical (unpaired) electrons. The maximum absolute atomic E-state index is 12.4. The molecule has 4 nitrogen and oxygen atoms in total. The summed E-state index contributed by atoms with van der Waals surface area (Å²) in [6.07, 6.45) is 1.01. The summed E-state index contributed by atoms with van der Waals surface area (Å²) in [4.78, 5) is 21.5. The Morgan fingerprint density at radius 1 is 1.44 bits per heavy atom. The van der Waals surface area contributed by atoms with E-state index in [2.05, 4.69) is 9.88 Å². The van der Waals surface area contributed by atoms with E-state index in [0.717, 1.165) is 49.7 Å². The number of amides is 1. The highest BCUT2D eigenvalue weighted by molar-refractivity contribution is 7.11. The topological polar surface area (TPSA) is 36.4 Å². The van der Waals surface area contributed by atoms with Gasteiger partial charge in [0.25, 0.3) is 5.91 Å². The van der Waals surface area contributed by atoms with E-state index in [4.69, 9.17) is 11.6 Å². The second kappa shape index (κ2) is 6.50. The van der Waals surface area contributed by atoms with Crippen LogP contribution in [0.2, 0.25) is 0 Å². The lowest BCUT2D eigenvalue weighted by Gasteiger charge is -2.21. The monoisotopic (exact) mass is 287 g/mol. The average Bonchev–Trinajstić information content (AvgIpc) is 2.64. The van der Waals surface area contributed by atoms with Gasteiger partial charge in [-0.15, -0.1) is 22.9 Å². The summed E-state index contributed by atoms with van der Waals surface area (Å²) < 4.78 is 0. The molecule has 1 aromatic rings. The molecule has 0 bridgehead atoms. The van der Waals surface area contributed by atoms with Crippen LogP contribution in [-0.2, 0) is 0 Å². The SMILES string of the molecule is Cc1ncsc1C(=O)N1CCCN(CCCl)CC1. The van der Waals surface area contributed by atoms with Gasteiger partial charge < -0.3 is 9.80 Å². The first-order chi connectivity index (χ1) is 8.72. The predicted molar refractivity (Wildman–Crippen MR) is 74.5 cm³/mol. The van der Waals surface area contributed by atoms with Gasteiger partial charge in [-0.3, -0.25) is 4.79 Å².